The van der Waals surface area contributed by atoms with Crippen molar-refractivity contribution in [2.24, 2.45) is 0 Å². The SMILES string of the molecule is CC1=Cc2cc3nc(c(-c4ccccc4)c4[nH]c(cc4C)cc4cc(C)c([nH]4)c(-c4ccccc4)c1n2)C(C)=C3. The van der Waals surface area contributed by atoms with E-state index < -0.39 is 0 Å². The van der Waals surface area contributed by atoms with Gasteiger partial charge in [-0.05, 0) is 97.5 Å². The monoisotopic (exact) mass is 518 g/mol. The van der Waals surface area contributed by atoms with Crippen molar-refractivity contribution >= 4 is 45.4 Å². The molecule has 0 aliphatic carbocycles. The Morgan fingerprint density at radius 1 is 0.500 bits per heavy atom. The molecule has 0 radical (unpaired) electrons. The summed E-state index contributed by atoms with van der Waals surface area (Å²) in [6.07, 6.45) is 4.32. The van der Waals surface area contributed by atoms with Gasteiger partial charge in [0.05, 0.1) is 33.8 Å². The molecule has 2 aliphatic rings. The molecule has 0 atom stereocenters. The number of rotatable bonds is 2. The van der Waals surface area contributed by atoms with Gasteiger partial charge < -0.3 is 9.97 Å². The normalized spacial score (nSPS) is 12.8. The lowest BCUT2D eigenvalue weighted by Gasteiger charge is -2.07. The van der Waals surface area contributed by atoms with E-state index in [1.165, 1.54) is 11.1 Å². The third-order valence-electron chi connectivity index (χ3n) is 7.73. The van der Waals surface area contributed by atoms with Gasteiger partial charge in [0.25, 0.3) is 0 Å². The number of allylic oxidation sites excluding steroid dienone is 2. The number of aromatic nitrogens is 4. The number of aromatic amines is 2. The molecule has 0 unspecified atom stereocenters. The standard InChI is InChI=1S/C36H30N4/c1-21-15-27-19-28-17-23(3)35(39-28)32(26-13-9-6-10-14-26)36-24(4)18-30(40-36)20-29-16-22(2)34(38-29)31(33(21)37-27)25-11-7-5-8-12-25/h5-20,37,39H,1-4H3. The summed E-state index contributed by atoms with van der Waals surface area (Å²) in [5.41, 5.74) is 17.2. The third-order valence-corrected chi connectivity index (χ3v) is 7.73. The molecule has 2 N–H and O–H groups in total. The minimum Gasteiger partial charge on any atom is -0.355 e. The van der Waals surface area contributed by atoms with Crippen molar-refractivity contribution in [2.45, 2.75) is 27.7 Å². The van der Waals surface area contributed by atoms with Crippen LogP contribution in [0.3, 0.4) is 0 Å². The van der Waals surface area contributed by atoms with Gasteiger partial charge in [-0.1, -0.05) is 60.7 Å². The van der Waals surface area contributed by atoms with E-state index in [0.29, 0.717) is 0 Å². The summed E-state index contributed by atoms with van der Waals surface area (Å²) in [4.78, 5) is 17.8. The van der Waals surface area contributed by atoms with Crippen molar-refractivity contribution in [1.82, 2.24) is 19.9 Å². The van der Waals surface area contributed by atoms with Crippen LogP contribution in [0.2, 0.25) is 0 Å². The number of nitrogens with one attached hydrogen (secondary N) is 2. The topological polar surface area (TPSA) is 57.4 Å². The van der Waals surface area contributed by atoms with Crippen LogP contribution in [-0.4, -0.2) is 19.9 Å². The van der Waals surface area contributed by atoms with E-state index in [4.69, 9.17) is 9.97 Å². The molecule has 2 aliphatic heterocycles. The van der Waals surface area contributed by atoms with Crippen LogP contribution in [0.1, 0.15) is 47.8 Å². The molecule has 4 nitrogen and oxygen atoms in total. The molecule has 4 heteroatoms. The van der Waals surface area contributed by atoms with Gasteiger partial charge >= 0.3 is 0 Å². The fourth-order valence-corrected chi connectivity index (χ4v) is 5.90. The highest BCUT2D eigenvalue weighted by atomic mass is 14.8. The Morgan fingerprint density at radius 2 is 0.925 bits per heavy atom. The lowest BCUT2D eigenvalue weighted by molar-refractivity contribution is 1.26. The van der Waals surface area contributed by atoms with Crippen molar-refractivity contribution in [3.8, 4) is 22.3 Å². The largest absolute Gasteiger partial charge is 0.355 e. The Bertz CT molecular complexity index is 1880. The Labute approximate surface area is 233 Å². The van der Waals surface area contributed by atoms with Crippen molar-refractivity contribution in [1.29, 1.82) is 0 Å². The number of fused-ring (bicyclic) bond motifs is 8. The number of aryl methyl sites for hydroxylation is 2. The first-order valence-corrected chi connectivity index (χ1v) is 13.7. The average Bonchev–Trinajstić information content (AvgIpc) is 3.69. The summed E-state index contributed by atoms with van der Waals surface area (Å²) in [5, 5.41) is 0. The number of nitrogens with zero attached hydrogens (tertiary/aromatic N) is 2. The smallest absolute Gasteiger partial charge is 0.0766 e. The summed E-state index contributed by atoms with van der Waals surface area (Å²) in [6.45, 7) is 8.61. The predicted molar refractivity (Wildman–Crippen MR) is 168 cm³/mol. The molecule has 40 heavy (non-hydrogen) atoms. The van der Waals surface area contributed by atoms with E-state index in [1.807, 2.05) is 0 Å². The highest BCUT2D eigenvalue weighted by molar-refractivity contribution is 5.98. The third kappa shape index (κ3) is 4.09. The molecule has 0 saturated heterocycles. The van der Waals surface area contributed by atoms with Crippen LogP contribution >= 0.6 is 0 Å². The van der Waals surface area contributed by atoms with Crippen LogP contribution in [0.25, 0.3) is 67.6 Å². The van der Waals surface area contributed by atoms with Crippen molar-refractivity contribution in [2.75, 3.05) is 0 Å². The Kier molecular flexibility index (Phi) is 5.64. The first-order chi connectivity index (χ1) is 19.4. The van der Waals surface area contributed by atoms with E-state index in [9.17, 15) is 0 Å². The van der Waals surface area contributed by atoms with Gasteiger partial charge in [-0.3, -0.25) is 0 Å². The maximum absolute atomic E-state index is 5.16. The lowest BCUT2D eigenvalue weighted by atomic mass is 9.99. The highest BCUT2D eigenvalue weighted by Gasteiger charge is 2.19. The number of hydrogen-bond acceptors (Lipinski definition) is 2. The second kappa shape index (κ2) is 9.35. The fraction of sp³-hybridized carbons (Fsp3) is 0.111. The summed E-state index contributed by atoms with van der Waals surface area (Å²) >= 11 is 0. The Hall–Kier alpha value is -4.96. The minimum absolute atomic E-state index is 0.910. The second-order valence-electron chi connectivity index (χ2n) is 10.8. The molecule has 0 amide bonds. The summed E-state index contributed by atoms with van der Waals surface area (Å²) in [5.74, 6) is 0. The highest BCUT2D eigenvalue weighted by Crippen LogP contribution is 2.37. The van der Waals surface area contributed by atoms with Gasteiger partial charge in [-0.2, -0.15) is 0 Å². The van der Waals surface area contributed by atoms with Crippen LogP contribution in [-0.2, 0) is 0 Å². The van der Waals surface area contributed by atoms with Gasteiger partial charge in [0.1, 0.15) is 0 Å². The van der Waals surface area contributed by atoms with Crippen LogP contribution in [0, 0.1) is 13.8 Å². The maximum Gasteiger partial charge on any atom is 0.0766 e. The van der Waals surface area contributed by atoms with Crippen LogP contribution in [0.15, 0.2) is 84.9 Å². The van der Waals surface area contributed by atoms with Crippen LogP contribution in [0.4, 0.5) is 0 Å². The fourth-order valence-electron chi connectivity index (χ4n) is 5.90. The average molecular weight is 519 g/mol. The zero-order chi connectivity index (χ0) is 27.4. The van der Waals surface area contributed by atoms with E-state index >= 15 is 0 Å². The molecule has 0 fully saturated rings. The van der Waals surface area contributed by atoms with Crippen molar-refractivity contribution in [3.63, 3.8) is 0 Å². The first-order valence-electron chi connectivity index (χ1n) is 13.7. The Balaban J connectivity index is 1.66. The zero-order valence-corrected chi connectivity index (χ0v) is 23.1. The molecule has 7 rings (SSSR count). The number of H-pyrrole nitrogens is 2. The van der Waals surface area contributed by atoms with Gasteiger partial charge in [0, 0.05) is 22.2 Å². The molecule has 194 valence electrons. The molecular formula is C36H30N4. The quantitative estimate of drug-likeness (QED) is 0.245. The summed E-state index contributed by atoms with van der Waals surface area (Å²) < 4.78 is 0. The Morgan fingerprint density at radius 3 is 1.35 bits per heavy atom. The first kappa shape index (κ1) is 24.1. The molecule has 3 aromatic heterocycles. The number of hydrogen-bond donors (Lipinski definition) is 2. The van der Waals surface area contributed by atoms with Gasteiger partial charge in [0.15, 0.2) is 0 Å². The van der Waals surface area contributed by atoms with Crippen molar-refractivity contribution < 1.29 is 0 Å². The molecule has 2 aromatic carbocycles. The summed E-state index contributed by atoms with van der Waals surface area (Å²) in [7, 11) is 0. The summed E-state index contributed by atoms with van der Waals surface area (Å²) in [6, 6.07) is 29.8. The second-order valence-corrected chi connectivity index (χ2v) is 10.8. The molecular weight excluding hydrogens is 488 g/mol. The van der Waals surface area contributed by atoms with Gasteiger partial charge in [-0.15, -0.1) is 0 Å². The van der Waals surface area contributed by atoms with E-state index in [0.717, 1.165) is 78.2 Å². The van der Waals surface area contributed by atoms with Crippen LogP contribution < -0.4 is 0 Å². The maximum atomic E-state index is 5.16. The molecule has 0 saturated carbocycles. The predicted octanol–water partition coefficient (Wildman–Crippen LogP) is 9.39. The van der Waals surface area contributed by atoms with Gasteiger partial charge in [0.2, 0.25) is 0 Å². The van der Waals surface area contributed by atoms with E-state index in [1.54, 1.807) is 0 Å². The minimum atomic E-state index is 0.910. The number of benzene rings is 2. The molecule has 5 aromatic rings. The van der Waals surface area contributed by atoms with Gasteiger partial charge in [-0.25, -0.2) is 9.97 Å². The lowest BCUT2D eigenvalue weighted by Crippen LogP contribution is -1.89. The van der Waals surface area contributed by atoms with E-state index in [2.05, 4.69) is 135 Å². The van der Waals surface area contributed by atoms with Crippen LogP contribution in [0.5, 0.6) is 0 Å². The molecule has 8 bridgehead atoms. The van der Waals surface area contributed by atoms with Crippen molar-refractivity contribution in [3.05, 3.63) is 119 Å². The van der Waals surface area contributed by atoms with E-state index in [-0.39, 0.29) is 0 Å². The molecule has 5 heterocycles. The molecule has 0 spiro atoms. The zero-order valence-electron chi connectivity index (χ0n) is 23.1.